The number of aliphatic hydroxyl groups excluding tert-OH is 1. The summed E-state index contributed by atoms with van der Waals surface area (Å²) in [5.74, 6) is 2.63. The Labute approximate surface area is 142 Å². The van der Waals surface area contributed by atoms with Crippen LogP contribution in [0.1, 0.15) is 48.5 Å². The van der Waals surface area contributed by atoms with E-state index in [0.29, 0.717) is 25.4 Å². The fourth-order valence-electron chi connectivity index (χ4n) is 3.34. The van der Waals surface area contributed by atoms with Crippen molar-refractivity contribution in [1.82, 2.24) is 9.88 Å². The standard InChI is InChI=1S/C18H24N2O4/c1-11(2)18-13(19-10-24-18)8-20-7-12-15(22-3)5-6-16(23-4)17(12)14(21)9-20/h5-6,10-11,14,21H,7-9H2,1-4H3. The minimum Gasteiger partial charge on any atom is -0.496 e. The number of hydrogen-bond acceptors (Lipinski definition) is 6. The van der Waals surface area contributed by atoms with E-state index in [1.807, 2.05) is 12.1 Å². The number of benzene rings is 1. The largest absolute Gasteiger partial charge is 0.496 e. The van der Waals surface area contributed by atoms with Crippen molar-refractivity contribution in [2.45, 2.75) is 39.0 Å². The van der Waals surface area contributed by atoms with Crippen LogP contribution in [0.3, 0.4) is 0 Å². The molecule has 0 aliphatic carbocycles. The highest BCUT2D eigenvalue weighted by Crippen LogP contribution is 2.39. The van der Waals surface area contributed by atoms with E-state index in [-0.39, 0.29) is 5.92 Å². The van der Waals surface area contributed by atoms with Crippen LogP contribution < -0.4 is 9.47 Å². The van der Waals surface area contributed by atoms with Crippen LogP contribution in [-0.4, -0.2) is 35.8 Å². The van der Waals surface area contributed by atoms with Gasteiger partial charge in [0.1, 0.15) is 17.3 Å². The maximum atomic E-state index is 10.6. The minimum atomic E-state index is -0.631. The zero-order chi connectivity index (χ0) is 17.3. The van der Waals surface area contributed by atoms with E-state index in [1.54, 1.807) is 14.2 Å². The van der Waals surface area contributed by atoms with Gasteiger partial charge in [-0.15, -0.1) is 0 Å². The predicted octanol–water partition coefficient (Wildman–Crippen LogP) is 2.86. The van der Waals surface area contributed by atoms with Crippen LogP contribution in [0.2, 0.25) is 0 Å². The second-order valence-electron chi connectivity index (χ2n) is 6.37. The third-order valence-electron chi connectivity index (χ3n) is 4.43. The summed E-state index contributed by atoms with van der Waals surface area (Å²) in [6.45, 7) is 5.97. The number of fused-ring (bicyclic) bond motifs is 1. The minimum absolute atomic E-state index is 0.277. The number of methoxy groups -OCH3 is 2. The van der Waals surface area contributed by atoms with Gasteiger partial charge < -0.3 is 19.0 Å². The molecule has 3 rings (SSSR count). The summed E-state index contributed by atoms with van der Waals surface area (Å²) in [5.41, 5.74) is 2.70. The summed E-state index contributed by atoms with van der Waals surface area (Å²) >= 11 is 0. The first-order valence-corrected chi connectivity index (χ1v) is 8.11. The molecule has 0 spiro atoms. The molecule has 0 saturated heterocycles. The van der Waals surface area contributed by atoms with Crippen molar-refractivity contribution in [2.75, 3.05) is 20.8 Å². The van der Waals surface area contributed by atoms with Crippen LogP contribution in [0.15, 0.2) is 22.9 Å². The normalized spacial score (nSPS) is 17.8. The number of aliphatic hydroxyl groups is 1. The van der Waals surface area contributed by atoms with Crippen molar-refractivity contribution in [2.24, 2.45) is 0 Å². The van der Waals surface area contributed by atoms with Gasteiger partial charge in [0, 0.05) is 36.7 Å². The monoisotopic (exact) mass is 332 g/mol. The van der Waals surface area contributed by atoms with E-state index in [2.05, 4.69) is 23.7 Å². The molecule has 24 heavy (non-hydrogen) atoms. The van der Waals surface area contributed by atoms with Crippen LogP contribution >= 0.6 is 0 Å². The summed E-state index contributed by atoms with van der Waals surface area (Å²) in [4.78, 5) is 6.49. The zero-order valence-electron chi connectivity index (χ0n) is 14.6. The summed E-state index contributed by atoms with van der Waals surface area (Å²) in [6, 6.07) is 3.72. The van der Waals surface area contributed by atoms with Crippen LogP contribution in [0.4, 0.5) is 0 Å². The number of nitrogens with zero attached hydrogens (tertiary/aromatic N) is 2. The lowest BCUT2D eigenvalue weighted by molar-refractivity contribution is 0.0833. The van der Waals surface area contributed by atoms with Crippen LogP contribution in [0.25, 0.3) is 0 Å². The van der Waals surface area contributed by atoms with Crippen molar-refractivity contribution in [3.05, 3.63) is 41.1 Å². The Morgan fingerprint density at radius 2 is 2.00 bits per heavy atom. The average Bonchev–Trinajstić information content (AvgIpc) is 3.02. The third-order valence-corrected chi connectivity index (χ3v) is 4.43. The maximum absolute atomic E-state index is 10.6. The second kappa shape index (κ2) is 6.83. The molecule has 1 atom stereocenters. The van der Waals surface area contributed by atoms with Crippen molar-refractivity contribution in [1.29, 1.82) is 0 Å². The first kappa shape index (κ1) is 16.8. The molecular weight excluding hydrogens is 308 g/mol. The number of aromatic nitrogens is 1. The first-order chi connectivity index (χ1) is 11.5. The third kappa shape index (κ3) is 2.99. The lowest BCUT2D eigenvalue weighted by Gasteiger charge is -2.33. The molecule has 0 radical (unpaired) electrons. The molecular formula is C18H24N2O4. The molecule has 0 saturated carbocycles. The Hall–Kier alpha value is -2.05. The van der Waals surface area contributed by atoms with E-state index in [9.17, 15) is 5.11 Å². The molecule has 1 aliphatic heterocycles. The van der Waals surface area contributed by atoms with Gasteiger partial charge in [0.05, 0.1) is 26.0 Å². The highest BCUT2D eigenvalue weighted by atomic mass is 16.5. The lowest BCUT2D eigenvalue weighted by Crippen LogP contribution is -2.34. The summed E-state index contributed by atoms with van der Waals surface area (Å²) < 4.78 is 16.4. The molecule has 6 heteroatoms. The number of ether oxygens (including phenoxy) is 2. The highest BCUT2D eigenvalue weighted by Gasteiger charge is 2.30. The molecule has 0 bridgehead atoms. The molecule has 1 unspecified atom stereocenters. The maximum Gasteiger partial charge on any atom is 0.181 e. The zero-order valence-corrected chi connectivity index (χ0v) is 14.6. The Balaban J connectivity index is 1.90. The molecule has 0 fully saturated rings. The molecule has 2 heterocycles. The Kier molecular flexibility index (Phi) is 4.78. The van der Waals surface area contributed by atoms with Crippen LogP contribution in [0.5, 0.6) is 11.5 Å². The van der Waals surface area contributed by atoms with E-state index in [1.165, 1.54) is 6.39 Å². The van der Waals surface area contributed by atoms with Crippen molar-refractivity contribution < 1.29 is 19.0 Å². The summed E-state index contributed by atoms with van der Waals surface area (Å²) in [6.07, 6.45) is 0.857. The van der Waals surface area contributed by atoms with Crippen molar-refractivity contribution >= 4 is 0 Å². The molecule has 0 amide bonds. The molecule has 1 N–H and O–H groups in total. The number of oxazole rings is 1. The number of β-amino-alcohol motifs (C(OH)–C–C–N with tert-alkyl or cyclic N) is 1. The van der Waals surface area contributed by atoms with Crippen LogP contribution in [-0.2, 0) is 13.1 Å². The van der Waals surface area contributed by atoms with Crippen molar-refractivity contribution in [3.63, 3.8) is 0 Å². The molecule has 1 aromatic heterocycles. The molecule has 1 aliphatic rings. The average molecular weight is 332 g/mol. The first-order valence-electron chi connectivity index (χ1n) is 8.11. The van der Waals surface area contributed by atoms with E-state index in [4.69, 9.17) is 13.9 Å². The molecule has 1 aromatic carbocycles. The van der Waals surface area contributed by atoms with Gasteiger partial charge in [-0.25, -0.2) is 4.98 Å². The Morgan fingerprint density at radius 1 is 1.29 bits per heavy atom. The Bertz CT molecular complexity index is 711. The topological polar surface area (TPSA) is 68.0 Å². The van der Waals surface area contributed by atoms with Gasteiger partial charge in [-0.1, -0.05) is 13.8 Å². The summed E-state index contributed by atoms with van der Waals surface area (Å²) in [5, 5.41) is 10.6. The van der Waals surface area contributed by atoms with E-state index in [0.717, 1.165) is 28.3 Å². The van der Waals surface area contributed by atoms with E-state index < -0.39 is 6.10 Å². The molecule has 6 nitrogen and oxygen atoms in total. The quantitative estimate of drug-likeness (QED) is 0.908. The van der Waals surface area contributed by atoms with Crippen LogP contribution in [0, 0.1) is 0 Å². The molecule has 2 aromatic rings. The molecule has 130 valence electrons. The van der Waals surface area contributed by atoms with Gasteiger partial charge >= 0.3 is 0 Å². The SMILES string of the molecule is COc1ccc(OC)c2c1CN(Cc1ncoc1C(C)C)CC2O. The number of rotatable bonds is 5. The van der Waals surface area contributed by atoms with Gasteiger partial charge in [-0.2, -0.15) is 0 Å². The fraction of sp³-hybridized carbons (Fsp3) is 0.500. The highest BCUT2D eigenvalue weighted by molar-refractivity contribution is 5.51. The predicted molar refractivity (Wildman–Crippen MR) is 89.2 cm³/mol. The fourth-order valence-corrected chi connectivity index (χ4v) is 3.34. The van der Waals surface area contributed by atoms with Gasteiger partial charge in [-0.05, 0) is 12.1 Å². The van der Waals surface area contributed by atoms with Gasteiger partial charge in [0.2, 0.25) is 0 Å². The van der Waals surface area contributed by atoms with E-state index >= 15 is 0 Å². The van der Waals surface area contributed by atoms with Crippen molar-refractivity contribution in [3.8, 4) is 11.5 Å². The number of hydrogen-bond donors (Lipinski definition) is 1. The lowest BCUT2D eigenvalue weighted by atomic mass is 9.95. The Morgan fingerprint density at radius 3 is 2.67 bits per heavy atom. The second-order valence-corrected chi connectivity index (χ2v) is 6.37. The van der Waals surface area contributed by atoms with Gasteiger partial charge in [-0.3, -0.25) is 4.90 Å². The smallest absolute Gasteiger partial charge is 0.181 e. The van der Waals surface area contributed by atoms with Gasteiger partial charge in [0.15, 0.2) is 6.39 Å². The summed E-state index contributed by atoms with van der Waals surface area (Å²) in [7, 11) is 3.26. The van der Waals surface area contributed by atoms with Gasteiger partial charge in [0.25, 0.3) is 0 Å².